The second-order valence-corrected chi connectivity index (χ2v) is 10.3. The fraction of sp³-hybridized carbons (Fsp3) is 0.828. The molecule has 0 fully saturated rings. The molecule has 36 heavy (non-hydrogen) atoms. The van der Waals surface area contributed by atoms with Crippen LogP contribution < -0.4 is 5.11 Å². The Kier molecular flexibility index (Phi) is 22.3. The summed E-state index contributed by atoms with van der Waals surface area (Å²) in [5.41, 5.74) is 0. The van der Waals surface area contributed by atoms with Crippen molar-refractivity contribution in [2.75, 3.05) is 26.2 Å². The van der Waals surface area contributed by atoms with Crippen LogP contribution in [0.15, 0.2) is 12.2 Å². The second-order valence-electron chi connectivity index (χ2n) is 10.3. The van der Waals surface area contributed by atoms with Gasteiger partial charge in [0, 0.05) is 12.4 Å². The molecule has 0 aliphatic rings. The van der Waals surface area contributed by atoms with Gasteiger partial charge in [-0.05, 0) is 38.5 Å². The number of hydrogen-bond donors (Lipinski definition) is 2. The Morgan fingerprint density at radius 2 is 0.972 bits per heavy atom. The van der Waals surface area contributed by atoms with Crippen molar-refractivity contribution < 1.29 is 34.2 Å². The summed E-state index contributed by atoms with van der Waals surface area (Å²) in [5.74, 6) is -3.08. The zero-order valence-electron chi connectivity index (χ0n) is 22.9. The minimum atomic E-state index is -1.18. The fourth-order valence-corrected chi connectivity index (χ4v) is 4.71. The number of hydrogen-bond acceptors (Lipinski definition) is 4. The number of carboxylic acids is 3. The summed E-state index contributed by atoms with van der Waals surface area (Å²) in [6.45, 7) is 3.58. The number of carboxylic acid groups (broad SMARTS) is 3. The Morgan fingerprint density at radius 3 is 1.39 bits per heavy atom. The van der Waals surface area contributed by atoms with E-state index in [1.54, 1.807) is 0 Å². The van der Waals surface area contributed by atoms with E-state index in [4.69, 9.17) is 10.2 Å². The number of carbonyl (C=O) groups excluding carboxylic acids is 1. The van der Waals surface area contributed by atoms with Crippen LogP contribution in [-0.4, -0.2) is 58.8 Å². The molecule has 7 nitrogen and oxygen atoms in total. The van der Waals surface area contributed by atoms with Crippen LogP contribution in [0.3, 0.4) is 0 Å². The maximum atomic E-state index is 11.1. The molecule has 7 heteroatoms. The Hall–Kier alpha value is -1.89. The first-order valence-electron chi connectivity index (χ1n) is 14.4. The summed E-state index contributed by atoms with van der Waals surface area (Å²) in [5, 5.41) is 29.2. The van der Waals surface area contributed by atoms with Crippen molar-refractivity contribution in [3.8, 4) is 0 Å². The van der Waals surface area contributed by atoms with E-state index in [0.29, 0.717) is 6.54 Å². The molecule has 0 saturated carbocycles. The molecule has 0 aliphatic carbocycles. The summed E-state index contributed by atoms with van der Waals surface area (Å²) < 4.78 is 0.223. The first-order valence-corrected chi connectivity index (χ1v) is 14.4. The van der Waals surface area contributed by atoms with Crippen molar-refractivity contribution in [3.05, 3.63) is 12.2 Å². The van der Waals surface area contributed by atoms with Gasteiger partial charge in [0.2, 0.25) is 0 Å². The van der Waals surface area contributed by atoms with E-state index in [0.717, 1.165) is 19.3 Å². The number of quaternary nitrogens is 1. The molecular weight excluding hydrogens is 458 g/mol. The highest BCUT2D eigenvalue weighted by molar-refractivity contribution is 5.67. The second kappa shape index (κ2) is 23.5. The first kappa shape index (κ1) is 34.1. The van der Waals surface area contributed by atoms with Crippen LogP contribution in [0.2, 0.25) is 0 Å². The van der Waals surface area contributed by atoms with Gasteiger partial charge in [0.15, 0.2) is 0 Å². The maximum absolute atomic E-state index is 11.1. The van der Waals surface area contributed by atoms with Gasteiger partial charge < -0.3 is 24.6 Å². The number of unbranched alkanes of at least 4 members (excludes halogenated alkanes) is 14. The minimum Gasteiger partial charge on any atom is -0.550 e. The minimum absolute atomic E-state index is 0.0948. The highest BCUT2D eigenvalue weighted by Crippen LogP contribution is 2.17. The third-order valence-corrected chi connectivity index (χ3v) is 7.03. The highest BCUT2D eigenvalue weighted by atomic mass is 16.4. The Labute approximate surface area is 219 Å². The van der Waals surface area contributed by atoms with Gasteiger partial charge in [-0.1, -0.05) is 83.3 Å². The molecule has 210 valence electrons. The molecule has 0 bridgehead atoms. The lowest BCUT2D eigenvalue weighted by atomic mass is 10.0. The van der Waals surface area contributed by atoms with Gasteiger partial charge in [-0.25, -0.2) is 0 Å². The molecule has 0 aromatic heterocycles. The van der Waals surface area contributed by atoms with Crippen molar-refractivity contribution in [1.29, 1.82) is 0 Å². The average Bonchev–Trinajstić information content (AvgIpc) is 2.83. The Bertz CT molecular complexity index is 559. The lowest BCUT2D eigenvalue weighted by molar-refractivity contribution is -0.927. The van der Waals surface area contributed by atoms with Crippen molar-refractivity contribution in [2.45, 2.75) is 129 Å². The van der Waals surface area contributed by atoms with E-state index in [2.05, 4.69) is 19.1 Å². The summed E-state index contributed by atoms with van der Waals surface area (Å²) in [6.07, 6.45) is 23.8. The van der Waals surface area contributed by atoms with Gasteiger partial charge in [-0.2, -0.15) is 0 Å². The SMILES string of the molecule is CCCCC/C=C/CCCCCCCCCCCCC[N+](CCC(=O)[O-])(CCC(=O)O)CCC(=O)O. The molecule has 0 radical (unpaired) electrons. The number of allylic oxidation sites excluding steroid dienone is 2. The van der Waals surface area contributed by atoms with E-state index in [9.17, 15) is 19.5 Å². The van der Waals surface area contributed by atoms with Crippen molar-refractivity contribution >= 4 is 17.9 Å². The largest absolute Gasteiger partial charge is 0.550 e. The molecule has 0 spiro atoms. The van der Waals surface area contributed by atoms with Crippen LogP contribution in [0.4, 0.5) is 0 Å². The zero-order valence-corrected chi connectivity index (χ0v) is 22.9. The van der Waals surface area contributed by atoms with Crippen LogP contribution in [0.25, 0.3) is 0 Å². The van der Waals surface area contributed by atoms with Gasteiger partial charge in [0.05, 0.1) is 39.0 Å². The number of carbonyl (C=O) groups is 3. The first-order chi connectivity index (χ1) is 17.3. The van der Waals surface area contributed by atoms with E-state index in [1.807, 2.05) is 0 Å². The number of rotatable bonds is 27. The monoisotopic (exact) mass is 511 g/mol. The van der Waals surface area contributed by atoms with E-state index in [-0.39, 0.29) is 43.4 Å². The van der Waals surface area contributed by atoms with E-state index < -0.39 is 17.9 Å². The van der Waals surface area contributed by atoms with Crippen LogP contribution in [0, 0.1) is 0 Å². The molecule has 0 aromatic carbocycles. The smallest absolute Gasteiger partial charge is 0.309 e. The average molecular weight is 512 g/mol. The molecule has 0 saturated heterocycles. The quantitative estimate of drug-likeness (QED) is 0.0829. The highest BCUT2D eigenvalue weighted by Gasteiger charge is 2.28. The van der Waals surface area contributed by atoms with Gasteiger partial charge in [-0.3, -0.25) is 9.59 Å². The summed E-state index contributed by atoms with van der Waals surface area (Å²) >= 11 is 0. The van der Waals surface area contributed by atoms with Crippen molar-refractivity contribution in [2.24, 2.45) is 0 Å². The van der Waals surface area contributed by atoms with Crippen molar-refractivity contribution in [1.82, 2.24) is 0 Å². The third kappa shape index (κ3) is 22.6. The number of nitrogens with zero attached hydrogens (tertiary/aromatic N) is 1. The topological polar surface area (TPSA) is 115 Å². The predicted molar refractivity (Wildman–Crippen MR) is 143 cm³/mol. The van der Waals surface area contributed by atoms with E-state index >= 15 is 0 Å². The lowest BCUT2D eigenvalue weighted by Crippen LogP contribution is -2.53. The van der Waals surface area contributed by atoms with Gasteiger partial charge in [0.25, 0.3) is 0 Å². The van der Waals surface area contributed by atoms with Crippen molar-refractivity contribution in [3.63, 3.8) is 0 Å². The van der Waals surface area contributed by atoms with Crippen LogP contribution in [0.1, 0.15) is 129 Å². The third-order valence-electron chi connectivity index (χ3n) is 7.03. The van der Waals surface area contributed by atoms with Crippen LogP contribution in [0.5, 0.6) is 0 Å². The van der Waals surface area contributed by atoms with Crippen LogP contribution >= 0.6 is 0 Å². The molecular formula is C29H53NO6. The molecule has 0 rings (SSSR count). The predicted octanol–water partition coefficient (Wildman–Crippen LogP) is 5.71. The molecule has 0 unspecified atom stereocenters. The molecule has 0 atom stereocenters. The molecule has 0 aliphatic heterocycles. The molecule has 2 N–H and O–H groups in total. The standard InChI is InChI=1S/C29H53NO6/c1-2-3-4-5-6-7-8-9-10-11-12-13-14-15-16-17-18-19-23-30(24-20-27(31)32,25-21-28(33)34)26-22-29(35)36/h6-7H,2-5,8-26H2,1H3,(H2-,31,32,33,34,35,36)/b7-6+. The van der Waals surface area contributed by atoms with Gasteiger partial charge in [-0.15, -0.1) is 0 Å². The van der Waals surface area contributed by atoms with Gasteiger partial charge >= 0.3 is 11.9 Å². The molecule has 0 aromatic rings. The lowest BCUT2D eigenvalue weighted by Gasteiger charge is -2.38. The van der Waals surface area contributed by atoms with Crippen LogP contribution in [-0.2, 0) is 14.4 Å². The van der Waals surface area contributed by atoms with E-state index in [1.165, 1.54) is 83.5 Å². The fourth-order valence-electron chi connectivity index (χ4n) is 4.71. The summed E-state index contributed by atoms with van der Waals surface area (Å²) in [4.78, 5) is 33.2. The summed E-state index contributed by atoms with van der Waals surface area (Å²) in [6, 6.07) is 0. The number of aliphatic carboxylic acids is 3. The molecule has 0 amide bonds. The maximum Gasteiger partial charge on any atom is 0.309 e. The van der Waals surface area contributed by atoms with Gasteiger partial charge in [0.1, 0.15) is 0 Å². The Morgan fingerprint density at radius 1 is 0.583 bits per heavy atom. The normalized spacial score (nSPS) is 11.8. The summed E-state index contributed by atoms with van der Waals surface area (Å²) in [7, 11) is 0. The Balaban J connectivity index is 3.99. The zero-order chi connectivity index (χ0) is 26.9. The molecule has 0 heterocycles.